The Morgan fingerprint density at radius 1 is 1.28 bits per heavy atom. The number of nitrogens with zero attached hydrogens (tertiary/aromatic N) is 3. The average molecular weight is 471 g/mol. The number of methoxy groups -OCH3 is 1. The number of rotatable bonds is 6. The number of aryl methyl sites for hydroxylation is 1. The lowest BCUT2D eigenvalue weighted by Gasteiger charge is -2.37. The number of hydrogen-bond acceptors (Lipinski definition) is 7. The van der Waals surface area contributed by atoms with Crippen LogP contribution < -0.4 is 10.1 Å². The van der Waals surface area contributed by atoms with Crippen LogP contribution in [0.25, 0.3) is 0 Å². The third kappa shape index (κ3) is 8.18. The van der Waals surface area contributed by atoms with Crippen LogP contribution in [0.5, 0.6) is 5.88 Å². The second-order valence-corrected chi connectivity index (χ2v) is 8.55. The number of β-amino-alcohol motifs (C(OH)–C–C–N with tert-alkyl or cyclic N) is 1. The first-order valence-corrected chi connectivity index (χ1v) is 12.3. The molecule has 0 saturated carbocycles. The lowest BCUT2D eigenvalue weighted by atomic mass is 9.73. The predicted molar refractivity (Wildman–Crippen MR) is 132 cm³/mol. The van der Waals surface area contributed by atoms with Crippen molar-refractivity contribution >= 4 is 16.8 Å². The number of aromatic nitrogens is 1. The molecule has 184 valence electrons. The highest BCUT2D eigenvalue weighted by atomic mass is 35.5. The number of ether oxygens (including phenoxy) is 1. The average Bonchev–Trinajstić information content (AvgIpc) is 2.86. The fourth-order valence-corrected chi connectivity index (χ4v) is 4.54. The van der Waals surface area contributed by atoms with E-state index in [2.05, 4.69) is 20.4 Å². The number of hydrogen-bond donors (Lipinski definition) is 3. The summed E-state index contributed by atoms with van der Waals surface area (Å²) in [6.45, 7) is 13.0. The van der Waals surface area contributed by atoms with Gasteiger partial charge in [0.05, 0.1) is 18.6 Å². The topological polar surface area (TPSA) is 90.2 Å². The van der Waals surface area contributed by atoms with Crippen molar-refractivity contribution in [1.29, 1.82) is 0 Å². The summed E-state index contributed by atoms with van der Waals surface area (Å²) in [4.78, 5) is 6.63. The minimum Gasteiger partial charge on any atom is -0.481 e. The number of nitrogens with one attached hydrogen (secondary N) is 1. The summed E-state index contributed by atoms with van der Waals surface area (Å²) in [5.41, 5.74) is 1.58. The molecule has 2 fully saturated rings. The molecule has 0 spiro atoms. The molecule has 1 aromatic rings. The zero-order chi connectivity index (χ0) is 24.0. The molecular formula is C24H43ClN4O3. The first-order valence-electron chi connectivity index (χ1n) is 12.0. The number of aliphatic hydroxyl groups excluding tert-OH is 1. The van der Waals surface area contributed by atoms with Crippen LogP contribution in [0.2, 0.25) is 0 Å². The van der Waals surface area contributed by atoms with Crippen molar-refractivity contribution in [2.75, 3.05) is 39.8 Å². The van der Waals surface area contributed by atoms with Gasteiger partial charge >= 0.3 is 0 Å². The van der Waals surface area contributed by atoms with Crippen molar-refractivity contribution in [3.05, 3.63) is 23.4 Å². The van der Waals surface area contributed by atoms with E-state index in [9.17, 15) is 5.11 Å². The molecule has 0 aliphatic carbocycles. The molecule has 2 aliphatic heterocycles. The SMILES string of the molecule is CC.CCC(O)CN1CCCCC1.COc1cc(C)c(C2(/C(Cl)=N/O)CCNCC2)cn1. The second-order valence-electron chi connectivity index (χ2n) is 8.19. The number of pyridine rings is 1. The lowest BCUT2D eigenvalue weighted by Crippen LogP contribution is -2.44. The normalized spacial score (nSPS) is 19.7. The van der Waals surface area contributed by atoms with E-state index >= 15 is 0 Å². The molecule has 3 heterocycles. The van der Waals surface area contributed by atoms with Gasteiger partial charge in [0, 0.05) is 18.8 Å². The Hall–Kier alpha value is -1.41. The van der Waals surface area contributed by atoms with Gasteiger partial charge in [-0.1, -0.05) is 43.9 Å². The summed E-state index contributed by atoms with van der Waals surface area (Å²) in [5.74, 6) is 0.572. The van der Waals surface area contributed by atoms with Gasteiger partial charge in [-0.05, 0) is 76.3 Å². The first-order chi connectivity index (χ1) is 15.5. The van der Waals surface area contributed by atoms with Crippen LogP contribution in [-0.4, -0.2) is 71.3 Å². The molecule has 0 aromatic carbocycles. The minimum atomic E-state index is -0.453. The molecule has 0 radical (unpaired) electrons. The number of likely N-dealkylation sites (tertiary alicyclic amines) is 1. The quantitative estimate of drug-likeness (QED) is 0.326. The molecule has 0 amide bonds. The summed E-state index contributed by atoms with van der Waals surface area (Å²) in [6, 6.07) is 1.88. The van der Waals surface area contributed by atoms with Gasteiger partial charge in [0.15, 0.2) is 5.17 Å². The maximum Gasteiger partial charge on any atom is 0.213 e. The standard InChI is InChI=1S/C13H18ClN3O2.C9H19NO.C2H6/c1-9-7-11(19-2)16-8-10(9)13(12(14)17-18)3-5-15-6-4-13;1-2-9(11)8-10-6-4-3-5-7-10;1-2/h7-8,15,18H,3-6H2,1-2H3;9,11H,2-8H2,1H3;1-2H3/b17-12-;;. The highest BCUT2D eigenvalue weighted by molar-refractivity contribution is 6.67. The van der Waals surface area contributed by atoms with E-state index in [1.165, 1.54) is 32.4 Å². The molecule has 8 heteroatoms. The van der Waals surface area contributed by atoms with E-state index < -0.39 is 5.41 Å². The van der Waals surface area contributed by atoms with Crippen molar-refractivity contribution in [3.8, 4) is 5.88 Å². The van der Waals surface area contributed by atoms with E-state index in [0.29, 0.717) is 5.88 Å². The van der Waals surface area contributed by atoms with Gasteiger partial charge < -0.3 is 25.3 Å². The van der Waals surface area contributed by atoms with Gasteiger partial charge in [0.1, 0.15) is 0 Å². The van der Waals surface area contributed by atoms with Crippen LogP contribution in [0.1, 0.15) is 70.4 Å². The van der Waals surface area contributed by atoms with E-state index in [0.717, 1.165) is 50.0 Å². The molecule has 1 unspecified atom stereocenters. The zero-order valence-electron chi connectivity index (χ0n) is 20.5. The van der Waals surface area contributed by atoms with Crippen LogP contribution in [0.4, 0.5) is 0 Å². The Morgan fingerprint density at radius 2 is 1.91 bits per heavy atom. The highest BCUT2D eigenvalue weighted by Gasteiger charge is 2.40. The number of halogens is 1. The predicted octanol–water partition coefficient (Wildman–Crippen LogP) is 4.32. The zero-order valence-corrected chi connectivity index (χ0v) is 21.3. The molecule has 7 nitrogen and oxygen atoms in total. The molecule has 3 rings (SSSR count). The van der Waals surface area contributed by atoms with Gasteiger partial charge in [0.25, 0.3) is 0 Å². The van der Waals surface area contributed by atoms with Gasteiger partial charge in [-0.15, -0.1) is 0 Å². The van der Waals surface area contributed by atoms with Crippen LogP contribution in [0, 0.1) is 6.92 Å². The largest absolute Gasteiger partial charge is 0.481 e. The third-order valence-corrected chi connectivity index (χ3v) is 6.58. The van der Waals surface area contributed by atoms with Crippen LogP contribution >= 0.6 is 11.6 Å². The molecular weight excluding hydrogens is 428 g/mol. The van der Waals surface area contributed by atoms with Crippen LogP contribution in [-0.2, 0) is 5.41 Å². The summed E-state index contributed by atoms with van der Waals surface area (Å²) >= 11 is 6.19. The molecule has 3 N–H and O–H groups in total. The number of oxime groups is 1. The Morgan fingerprint density at radius 3 is 2.41 bits per heavy atom. The van der Waals surface area contributed by atoms with Crippen molar-refractivity contribution in [1.82, 2.24) is 15.2 Å². The summed E-state index contributed by atoms with van der Waals surface area (Å²) < 4.78 is 5.12. The monoisotopic (exact) mass is 470 g/mol. The summed E-state index contributed by atoms with van der Waals surface area (Å²) in [5, 5.41) is 25.2. The van der Waals surface area contributed by atoms with E-state index in [-0.39, 0.29) is 11.3 Å². The van der Waals surface area contributed by atoms with Crippen molar-refractivity contribution in [3.63, 3.8) is 0 Å². The van der Waals surface area contributed by atoms with Gasteiger partial charge in [-0.2, -0.15) is 0 Å². The van der Waals surface area contributed by atoms with Gasteiger partial charge in [-0.3, -0.25) is 0 Å². The molecule has 2 aliphatic rings. The Bertz CT molecular complexity index is 675. The Labute approximate surface area is 199 Å². The van der Waals surface area contributed by atoms with Gasteiger partial charge in [0.2, 0.25) is 5.88 Å². The molecule has 32 heavy (non-hydrogen) atoms. The van der Waals surface area contributed by atoms with Crippen molar-refractivity contribution < 1.29 is 15.1 Å². The second kappa shape index (κ2) is 15.4. The fourth-order valence-electron chi connectivity index (χ4n) is 4.25. The van der Waals surface area contributed by atoms with Crippen LogP contribution in [0.15, 0.2) is 17.4 Å². The Balaban J connectivity index is 0.000000335. The summed E-state index contributed by atoms with van der Waals surface area (Å²) in [7, 11) is 1.59. The minimum absolute atomic E-state index is 0.104. The molecule has 2 saturated heterocycles. The maximum atomic E-state index is 9.37. The van der Waals surface area contributed by atoms with E-state index in [1.54, 1.807) is 13.3 Å². The third-order valence-electron chi connectivity index (χ3n) is 6.14. The number of aliphatic hydroxyl groups is 1. The molecule has 1 aromatic heterocycles. The highest BCUT2D eigenvalue weighted by Crippen LogP contribution is 2.38. The Kier molecular flexibility index (Phi) is 13.8. The van der Waals surface area contributed by atoms with Gasteiger partial charge in [-0.25, -0.2) is 4.98 Å². The smallest absolute Gasteiger partial charge is 0.213 e. The van der Waals surface area contributed by atoms with Crippen molar-refractivity contribution in [2.45, 2.75) is 77.7 Å². The van der Waals surface area contributed by atoms with E-state index in [1.807, 2.05) is 33.8 Å². The first kappa shape index (κ1) is 28.6. The summed E-state index contributed by atoms with van der Waals surface area (Å²) in [6.07, 6.45) is 8.12. The van der Waals surface area contributed by atoms with E-state index in [4.69, 9.17) is 21.5 Å². The molecule has 0 bridgehead atoms. The maximum absolute atomic E-state index is 9.37. The van der Waals surface area contributed by atoms with Crippen molar-refractivity contribution in [2.24, 2.45) is 5.16 Å². The number of piperidine rings is 2. The lowest BCUT2D eigenvalue weighted by molar-refractivity contribution is 0.0984. The fraction of sp³-hybridized carbons (Fsp3) is 0.750. The van der Waals surface area contributed by atoms with Crippen LogP contribution in [0.3, 0.4) is 0 Å². The molecule has 1 atom stereocenters.